The molecule has 1 aliphatic rings. The van der Waals surface area contributed by atoms with Crippen molar-refractivity contribution in [1.29, 1.82) is 0 Å². The van der Waals surface area contributed by atoms with Gasteiger partial charge in [0.15, 0.2) is 0 Å². The standard InChI is InChI=1S/C17H19N3O4/c1-24-13-5-2-4-12(8-13)14-6-3-7-20(14)16(21)10-19-11-18-9-15(19)17(22)23/h2,4-5,8-9,11,14H,3,6-7,10H2,1H3,(H,22,23). The highest BCUT2D eigenvalue weighted by Gasteiger charge is 2.30. The van der Waals surface area contributed by atoms with E-state index in [0.29, 0.717) is 6.54 Å². The van der Waals surface area contributed by atoms with Crippen molar-refractivity contribution in [3.8, 4) is 5.75 Å². The number of benzene rings is 1. The zero-order valence-electron chi connectivity index (χ0n) is 13.4. The van der Waals surface area contributed by atoms with Gasteiger partial charge in [0, 0.05) is 6.54 Å². The Morgan fingerprint density at radius 1 is 1.42 bits per heavy atom. The van der Waals surface area contributed by atoms with Crippen LogP contribution in [-0.2, 0) is 11.3 Å². The first kappa shape index (κ1) is 16.0. The Morgan fingerprint density at radius 3 is 3.00 bits per heavy atom. The first-order chi connectivity index (χ1) is 11.6. The summed E-state index contributed by atoms with van der Waals surface area (Å²) in [6, 6.07) is 7.70. The summed E-state index contributed by atoms with van der Waals surface area (Å²) in [5, 5.41) is 9.12. The van der Waals surface area contributed by atoms with Crippen LogP contribution in [0.1, 0.15) is 34.9 Å². The fourth-order valence-corrected chi connectivity index (χ4v) is 3.12. The predicted molar refractivity (Wildman–Crippen MR) is 85.9 cm³/mol. The van der Waals surface area contributed by atoms with Gasteiger partial charge < -0.3 is 19.3 Å². The van der Waals surface area contributed by atoms with Gasteiger partial charge in [-0.25, -0.2) is 9.78 Å². The van der Waals surface area contributed by atoms with Gasteiger partial charge in [-0.15, -0.1) is 0 Å². The molecule has 0 spiro atoms. The Kier molecular flexibility index (Phi) is 4.50. The van der Waals surface area contributed by atoms with Crippen molar-refractivity contribution in [1.82, 2.24) is 14.5 Å². The molecule has 1 N–H and O–H groups in total. The molecule has 1 aromatic heterocycles. The fraction of sp³-hybridized carbons (Fsp3) is 0.353. The van der Waals surface area contributed by atoms with Crippen molar-refractivity contribution in [2.45, 2.75) is 25.4 Å². The first-order valence-electron chi connectivity index (χ1n) is 7.77. The molecule has 1 atom stereocenters. The molecule has 1 unspecified atom stereocenters. The minimum Gasteiger partial charge on any atom is -0.497 e. The van der Waals surface area contributed by atoms with Gasteiger partial charge >= 0.3 is 5.97 Å². The van der Waals surface area contributed by atoms with Crippen molar-refractivity contribution < 1.29 is 19.4 Å². The van der Waals surface area contributed by atoms with E-state index < -0.39 is 5.97 Å². The van der Waals surface area contributed by atoms with E-state index in [4.69, 9.17) is 9.84 Å². The Bertz CT molecular complexity index is 756. The summed E-state index contributed by atoms with van der Waals surface area (Å²) in [6.07, 6.45) is 4.43. The SMILES string of the molecule is COc1cccc(C2CCCN2C(=O)Cn2cncc2C(=O)O)c1. The third-order valence-corrected chi connectivity index (χ3v) is 4.29. The summed E-state index contributed by atoms with van der Waals surface area (Å²) >= 11 is 0. The zero-order chi connectivity index (χ0) is 17.1. The van der Waals surface area contributed by atoms with Gasteiger partial charge in [-0.1, -0.05) is 12.1 Å². The van der Waals surface area contributed by atoms with Crippen molar-refractivity contribution in [3.05, 3.63) is 48.0 Å². The van der Waals surface area contributed by atoms with Gasteiger partial charge in [-0.05, 0) is 30.5 Å². The molecular weight excluding hydrogens is 310 g/mol. The number of aromatic carboxylic acids is 1. The summed E-state index contributed by atoms with van der Waals surface area (Å²) in [6.45, 7) is 0.639. The van der Waals surface area contributed by atoms with Crippen LogP contribution in [0.2, 0.25) is 0 Å². The molecule has 2 aromatic rings. The minimum absolute atomic E-state index is 0.00982. The number of rotatable bonds is 5. The van der Waals surface area contributed by atoms with Crippen LogP contribution in [-0.4, -0.2) is 45.1 Å². The van der Waals surface area contributed by atoms with Crippen LogP contribution in [0.15, 0.2) is 36.8 Å². The van der Waals surface area contributed by atoms with Crippen LogP contribution < -0.4 is 4.74 Å². The van der Waals surface area contributed by atoms with E-state index in [2.05, 4.69) is 4.98 Å². The number of carbonyl (C=O) groups is 2. The molecule has 1 aliphatic heterocycles. The van der Waals surface area contributed by atoms with Crippen LogP contribution in [0.3, 0.4) is 0 Å². The highest BCUT2D eigenvalue weighted by atomic mass is 16.5. The normalized spacial score (nSPS) is 17.0. The number of imidazole rings is 1. The van der Waals surface area contributed by atoms with Gasteiger partial charge in [-0.2, -0.15) is 0 Å². The fourth-order valence-electron chi connectivity index (χ4n) is 3.12. The molecule has 1 fully saturated rings. The number of aromatic nitrogens is 2. The highest BCUT2D eigenvalue weighted by molar-refractivity contribution is 5.86. The van der Waals surface area contributed by atoms with E-state index in [1.54, 1.807) is 12.0 Å². The molecule has 1 aromatic carbocycles. The monoisotopic (exact) mass is 329 g/mol. The number of nitrogens with zero attached hydrogens (tertiary/aromatic N) is 3. The Hall–Kier alpha value is -2.83. The second-order valence-corrected chi connectivity index (χ2v) is 5.73. The van der Waals surface area contributed by atoms with E-state index in [0.717, 1.165) is 24.2 Å². The lowest BCUT2D eigenvalue weighted by atomic mass is 10.0. The van der Waals surface area contributed by atoms with Gasteiger partial charge in [0.1, 0.15) is 18.0 Å². The number of methoxy groups -OCH3 is 1. The van der Waals surface area contributed by atoms with Gasteiger partial charge in [0.25, 0.3) is 0 Å². The smallest absolute Gasteiger partial charge is 0.354 e. The van der Waals surface area contributed by atoms with Crippen LogP contribution in [0.25, 0.3) is 0 Å². The summed E-state index contributed by atoms with van der Waals surface area (Å²) in [7, 11) is 1.61. The Morgan fingerprint density at radius 2 is 2.25 bits per heavy atom. The lowest BCUT2D eigenvalue weighted by Crippen LogP contribution is -2.33. The maximum atomic E-state index is 12.7. The van der Waals surface area contributed by atoms with Crippen LogP contribution in [0.4, 0.5) is 0 Å². The molecule has 0 radical (unpaired) electrons. The molecule has 7 heteroatoms. The number of carbonyl (C=O) groups excluding carboxylic acids is 1. The first-order valence-corrected chi connectivity index (χ1v) is 7.77. The summed E-state index contributed by atoms with van der Waals surface area (Å²) in [5.74, 6) is -0.443. The number of hydrogen-bond donors (Lipinski definition) is 1. The molecule has 1 amide bonds. The second kappa shape index (κ2) is 6.74. The maximum absolute atomic E-state index is 12.7. The highest BCUT2D eigenvalue weighted by Crippen LogP contribution is 2.33. The quantitative estimate of drug-likeness (QED) is 0.906. The molecular formula is C17H19N3O4. The van der Waals surface area contributed by atoms with Gasteiger partial charge in [0.2, 0.25) is 5.91 Å². The van der Waals surface area contributed by atoms with E-state index in [1.165, 1.54) is 17.1 Å². The summed E-state index contributed by atoms with van der Waals surface area (Å²) in [4.78, 5) is 29.4. The second-order valence-electron chi connectivity index (χ2n) is 5.73. The molecule has 1 saturated heterocycles. The van der Waals surface area contributed by atoms with Gasteiger partial charge in [0.05, 0.1) is 25.7 Å². The molecule has 24 heavy (non-hydrogen) atoms. The van der Waals surface area contributed by atoms with E-state index >= 15 is 0 Å². The third kappa shape index (κ3) is 3.10. The lowest BCUT2D eigenvalue weighted by molar-refractivity contribution is -0.132. The van der Waals surface area contributed by atoms with Crippen molar-refractivity contribution in [2.24, 2.45) is 0 Å². The largest absolute Gasteiger partial charge is 0.497 e. The molecule has 7 nitrogen and oxygen atoms in total. The zero-order valence-corrected chi connectivity index (χ0v) is 13.4. The topological polar surface area (TPSA) is 84.7 Å². The average Bonchev–Trinajstić information content (AvgIpc) is 3.23. The number of hydrogen-bond acceptors (Lipinski definition) is 4. The average molecular weight is 329 g/mol. The molecule has 0 bridgehead atoms. The summed E-state index contributed by atoms with van der Waals surface area (Å²) < 4.78 is 6.62. The minimum atomic E-state index is -1.09. The maximum Gasteiger partial charge on any atom is 0.354 e. The van der Waals surface area contributed by atoms with E-state index in [-0.39, 0.29) is 24.2 Å². The Balaban J connectivity index is 1.78. The molecule has 0 saturated carbocycles. The molecule has 3 rings (SSSR count). The van der Waals surface area contributed by atoms with Crippen LogP contribution >= 0.6 is 0 Å². The lowest BCUT2D eigenvalue weighted by Gasteiger charge is -2.25. The Labute approximate surface area is 139 Å². The number of amides is 1. The number of carboxylic acids is 1. The molecule has 126 valence electrons. The van der Waals surface area contributed by atoms with E-state index in [9.17, 15) is 9.59 Å². The van der Waals surface area contributed by atoms with Crippen molar-refractivity contribution in [3.63, 3.8) is 0 Å². The predicted octanol–water partition coefficient (Wildman–Crippen LogP) is 1.95. The third-order valence-electron chi connectivity index (χ3n) is 4.29. The number of likely N-dealkylation sites (tertiary alicyclic amines) is 1. The van der Waals surface area contributed by atoms with Crippen LogP contribution in [0.5, 0.6) is 5.75 Å². The van der Waals surface area contributed by atoms with Crippen LogP contribution in [0, 0.1) is 0 Å². The molecule has 0 aliphatic carbocycles. The number of ether oxygens (including phenoxy) is 1. The van der Waals surface area contributed by atoms with Crippen molar-refractivity contribution in [2.75, 3.05) is 13.7 Å². The number of carboxylic acid groups (broad SMARTS) is 1. The molecule has 2 heterocycles. The van der Waals surface area contributed by atoms with Gasteiger partial charge in [-0.3, -0.25) is 4.79 Å². The summed E-state index contributed by atoms with van der Waals surface area (Å²) in [5.41, 5.74) is 1.05. The van der Waals surface area contributed by atoms with Crippen molar-refractivity contribution >= 4 is 11.9 Å². The van der Waals surface area contributed by atoms with E-state index in [1.807, 2.05) is 24.3 Å².